The lowest BCUT2D eigenvalue weighted by atomic mass is 10.0. The van der Waals surface area contributed by atoms with Crippen molar-refractivity contribution in [3.8, 4) is 0 Å². The SMILES string of the molecule is CC1(CC(=O)N2CCC(n3c(=O)[nH]c4ccccc43)CC2)CC1. The summed E-state index contributed by atoms with van der Waals surface area (Å²) in [4.78, 5) is 29.6. The predicted molar refractivity (Wildman–Crippen MR) is 89.4 cm³/mol. The highest BCUT2D eigenvalue weighted by atomic mass is 16.2. The van der Waals surface area contributed by atoms with Gasteiger partial charge in [0.05, 0.1) is 11.0 Å². The Morgan fingerprint density at radius 2 is 1.96 bits per heavy atom. The standard InChI is InChI=1S/C18H23N3O2/c1-18(8-9-18)12-16(22)20-10-6-13(7-11-20)21-15-5-3-2-4-14(15)19-17(21)23/h2-5,13H,6-12H2,1H3,(H,19,23). The van der Waals surface area contributed by atoms with Gasteiger partial charge >= 0.3 is 5.69 Å². The van der Waals surface area contributed by atoms with Gasteiger partial charge in [0.15, 0.2) is 0 Å². The van der Waals surface area contributed by atoms with Crippen LogP contribution in [0.3, 0.4) is 0 Å². The monoisotopic (exact) mass is 313 g/mol. The maximum atomic E-state index is 12.4. The Bertz CT molecular complexity index is 792. The lowest BCUT2D eigenvalue weighted by molar-refractivity contribution is -0.133. The number of likely N-dealkylation sites (tertiary alicyclic amines) is 1. The molecule has 1 saturated heterocycles. The molecule has 2 aliphatic rings. The Kier molecular flexibility index (Phi) is 3.32. The minimum Gasteiger partial charge on any atom is -0.343 e. The van der Waals surface area contributed by atoms with Gasteiger partial charge in [-0.3, -0.25) is 9.36 Å². The second-order valence-electron chi connectivity index (χ2n) is 7.42. The van der Waals surface area contributed by atoms with E-state index in [0.29, 0.717) is 6.42 Å². The minimum absolute atomic E-state index is 0.0403. The molecule has 0 spiro atoms. The number of nitrogens with zero attached hydrogens (tertiary/aromatic N) is 2. The van der Waals surface area contributed by atoms with Crippen molar-refractivity contribution in [2.75, 3.05) is 13.1 Å². The van der Waals surface area contributed by atoms with Crippen LogP contribution in [-0.2, 0) is 4.79 Å². The van der Waals surface area contributed by atoms with E-state index in [-0.39, 0.29) is 23.1 Å². The zero-order chi connectivity index (χ0) is 16.0. The number of aromatic amines is 1. The third-order valence-corrected chi connectivity index (χ3v) is 5.49. The smallest absolute Gasteiger partial charge is 0.326 e. The van der Waals surface area contributed by atoms with Crippen molar-refractivity contribution >= 4 is 16.9 Å². The highest BCUT2D eigenvalue weighted by Gasteiger charge is 2.40. The summed E-state index contributed by atoms with van der Waals surface area (Å²) in [5.41, 5.74) is 2.08. The van der Waals surface area contributed by atoms with E-state index in [1.807, 2.05) is 33.7 Å². The fraction of sp³-hybridized carbons (Fsp3) is 0.556. The molecule has 1 aliphatic carbocycles. The summed E-state index contributed by atoms with van der Waals surface area (Å²) in [7, 11) is 0. The highest BCUT2D eigenvalue weighted by Crippen LogP contribution is 2.48. The molecule has 1 amide bonds. The molecule has 1 N–H and O–H groups in total. The molecule has 122 valence electrons. The number of carbonyl (C=O) groups is 1. The largest absolute Gasteiger partial charge is 0.343 e. The number of piperidine rings is 1. The molecule has 2 heterocycles. The van der Waals surface area contributed by atoms with Gasteiger partial charge in [0.1, 0.15) is 0 Å². The molecule has 1 aromatic carbocycles. The summed E-state index contributed by atoms with van der Waals surface area (Å²) in [5, 5.41) is 0. The van der Waals surface area contributed by atoms with E-state index in [9.17, 15) is 9.59 Å². The Balaban J connectivity index is 1.47. The molecule has 0 bridgehead atoms. The topological polar surface area (TPSA) is 58.1 Å². The van der Waals surface area contributed by atoms with Gasteiger partial charge in [0.2, 0.25) is 5.91 Å². The number of imidazole rings is 1. The lowest BCUT2D eigenvalue weighted by Gasteiger charge is -2.33. The number of aromatic nitrogens is 2. The van der Waals surface area contributed by atoms with Crippen LogP contribution in [0.15, 0.2) is 29.1 Å². The van der Waals surface area contributed by atoms with Gasteiger partial charge in [-0.1, -0.05) is 19.1 Å². The number of carbonyl (C=O) groups excluding carboxylic acids is 1. The van der Waals surface area contributed by atoms with E-state index in [2.05, 4.69) is 11.9 Å². The minimum atomic E-state index is -0.0403. The van der Waals surface area contributed by atoms with Crippen LogP contribution < -0.4 is 5.69 Å². The molecule has 0 unspecified atom stereocenters. The van der Waals surface area contributed by atoms with Crippen molar-refractivity contribution in [3.05, 3.63) is 34.7 Å². The van der Waals surface area contributed by atoms with E-state index < -0.39 is 0 Å². The molecule has 4 rings (SSSR count). The number of hydrogen-bond donors (Lipinski definition) is 1. The predicted octanol–water partition coefficient (Wildman–Crippen LogP) is 2.68. The number of H-pyrrole nitrogens is 1. The second-order valence-corrected chi connectivity index (χ2v) is 7.42. The molecule has 1 aromatic heterocycles. The summed E-state index contributed by atoms with van der Waals surface area (Å²) < 4.78 is 1.87. The molecule has 5 heteroatoms. The number of fused-ring (bicyclic) bond motifs is 1. The number of rotatable bonds is 3. The molecule has 5 nitrogen and oxygen atoms in total. The number of amides is 1. The van der Waals surface area contributed by atoms with Gasteiger partial charge in [-0.25, -0.2) is 4.79 Å². The Labute approximate surface area is 135 Å². The van der Waals surface area contributed by atoms with Crippen LogP contribution in [0.5, 0.6) is 0 Å². The van der Waals surface area contributed by atoms with E-state index in [0.717, 1.165) is 37.0 Å². The molecule has 0 atom stereocenters. The van der Waals surface area contributed by atoms with Crippen LogP contribution in [0.1, 0.15) is 45.1 Å². The van der Waals surface area contributed by atoms with Gasteiger partial charge < -0.3 is 9.88 Å². The van der Waals surface area contributed by atoms with Gasteiger partial charge in [0.25, 0.3) is 0 Å². The Morgan fingerprint density at radius 1 is 1.26 bits per heavy atom. The molecular formula is C18H23N3O2. The second kappa shape index (κ2) is 5.25. The van der Waals surface area contributed by atoms with Crippen molar-refractivity contribution in [2.24, 2.45) is 5.41 Å². The highest BCUT2D eigenvalue weighted by molar-refractivity contribution is 5.77. The number of para-hydroxylation sites is 2. The summed E-state index contributed by atoms with van der Waals surface area (Å²) in [5.74, 6) is 0.287. The van der Waals surface area contributed by atoms with Crippen molar-refractivity contribution in [1.29, 1.82) is 0 Å². The fourth-order valence-electron chi connectivity index (χ4n) is 3.68. The summed E-state index contributed by atoms with van der Waals surface area (Å²) in [6.45, 7) is 3.71. The van der Waals surface area contributed by atoms with Crippen LogP contribution in [0.4, 0.5) is 0 Å². The average molecular weight is 313 g/mol. The van der Waals surface area contributed by atoms with E-state index in [4.69, 9.17) is 0 Å². The van der Waals surface area contributed by atoms with Gasteiger partial charge in [-0.2, -0.15) is 0 Å². The molecule has 2 aromatic rings. The number of benzene rings is 1. The third kappa shape index (κ3) is 2.69. The number of nitrogens with one attached hydrogen (secondary N) is 1. The first kappa shape index (κ1) is 14.5. The summed E-state index contributed by atoms with van der Waals surface area (Å²) >= 11 is 0. The van der Waals surface area contributed by atoms with Crippen molar-refractivity contribution in [1.82, 2.24) is 14.5 Å². The summed E-state index contributed by atoms with van der Waals surface area (Å²) in [6, 6.07) is 7.99. The van der Waals surface area contributed by atoms with Crippen LogP contribution in [0, 0.1) is 5.41 Å². The van der Waals surface area contributed by atoms with Crippen LogP contribution >= 0.6 is 0 Å². The van der Waals surface area contributed by atoms with Crippen LogP contribution in [0.2, 0.25) is 0 Å². The van der Waals surface area contributed by atoms with Crippen LogP contribution in [0.25, 0.3) is 11.0 Å². The van der Waals surface area contributed by atoms with Crippen molar-refractivity contribution in [2.45, 2.75) is 45.1 Å². The Hall–Kier alpha value is -2.04. The normalized spacial score (nSPS) is 20.8. The first-order valence-corrected chi connectivity index (χ1v) is 8.53. The van der Waals surface area contributed by atoms with Crippen LogP contribution in [-0.4, -0.2) is 33.4 Å². The Morgan fingerprint density at radius 3 is 2.65 bits per heavy atom. The molecule has 23 heavy (non-hydrogen) atoms. The maximum Gasteiger partial charge on any atom is 0.326 e. The first-order chi connectivity index (χ1) is 11.1. The summed E-state index contributed by atoms with van der Waals surface area (Å²) in [6.07, 6.45) is 4.75. The fourth-order valence-corrected chi connectivity index (χ4v) is 3.68. The van der Waals surface area contributed by atoms with Gasteiger partial charge in [0, 0.05) is 25.6 Å². The first-order valence-electron chi connectivity index (χ1n) is 8.53. The van der Waals surface area contributed by atoms with E-state index in [1.54, 1.807) is 0 Å². The maximum absolute atomic E-state index is 12.4. The van der Waals surface area contributed by atoms with E-state index >= 15 is 0 Å². The van der Waals surface area contributed by atoms with Gasteiger partial charge in [-0.05, 0) is 43.2 Å². The van der Waals surface area contributed by atoms with E-state index in [1.165, 1.54) is 12.8 Å². The third-order valence-electron chi connectivity index (χ3n) is 5.49. The average Bonchev–Trinajstić information content (AvgIpc) is 3.16. The van der Waals surface area contributed by atoms with Gasteiger partial charge in [-0.15, -0.1) is 0 Å². The molecule has 1 saturated carbocycles. The quantitative estimate of drug-likeness (QED) is 0.947. The zero-order valence-electron chi connectivity index (χ0n) is 13.5. The molecular weight excluding hydrogens is 290 g/mol. The van der Waals surface area contributed by atoms with Crippen molar-refractivity contribution < 1.29 is 4.79 Å². The molecule has 2 fully saturated rings. The molecule has 1 aliphatic heterocycles. The zero-order valence-corrected chi connectivity index (χ0v) is 13.5. The lowest BCUT2D eigenvalue weighted by Crippen LogP contribution is -2.41. The van der Waals surface area contributed by atoms with Crippen molar-refractivity contribution in [3.63, 3.8) is 0 Å². The molecule has 0 radical (unpaired) electrons. The number of hydrogen-bond acceptors (Lipinski definition) is 2.